The number of hydrogen-bond acceptors (Lipinski definition) is 2. The van der Waals surface area contributed by atoms with Crippen LogP contribution in [-0.2, 0) is 0 Å². The van der Waals surface area contributed by atoms with Crippen LogP contribution in [0.4, 0.5) is 0 Å². The summed E-state index contributed by atoms with van der Waals surface area (Å²) in [6.45, 7) is 5.35. The molecule has 17 heavy (non-hydrogen) atoms. The maximum atomic E-state index is 12.2. The summed E-state index contributed by atoms with van der Waals surface area (Å²) in [6.07, 6.45) is 0. The number of halogens is 2. The Bertz CT molecular complexity index is 405. The molecule has 1 amide bonds. The van der Waals surface area contributed by atoms with E-state index in [0.29, 0.717) is 0 Å². The lowest BCUT2D eigenvalue weighted by Gasteiger charge is -2.27. The highest BCUT2D eigenvalue weighted by molar-refractivity contribution is 9.10. The second kappa shape index (κ2) is 6.38. The van der Waals surface area contributed by atoms with Crippen molar-refractivity contribution >= 4 is 34.2 Å². The lowest BCUT2D eigenvalue weighted by Crippen LogP contribution is -2.46. The average Bonchev–Trinajstić information content (AvgIpc) is 2.32. The maximum Gasteiger partial charge on any atom is 0.255 e. The van der Waals surface area contributed by atoms with Gasteiger partial charge in [0.05, 0.1) is 5.56 Å². The van der Waals surface area contributed by atoms with Gasteiger partial charge in [0.1, 0.15) is 0 Å². The number of carbonyl (C=O) groups is 1. The van der Waals surface area contributed by atoms with Crippen LogP contribution >= 0.6 is 28.3 Å². The zero-order valence-corrected chi connectivity index (χ0v) is 12.1. The molecule has 2 rings (SSSR count). The first-order chi connectivity index (χ1) is 7.68. The highest BCUT2D eigenvalue weighted by Gasteiger charge is 2.19. The summed E-state index contributed by atoms with van der Waals surface area (Å²) in [5.74, 6) is 0.122. The molecule has 1 aromatic rings. The van der Waals surface area contributed by atoms with Gasteiger partial charge in [0.15, 0.2) is 0 Å². The third-order valence-corrected chi connectivity index (χ3v) is 3.45. The van der Waals surface area contributed by atoms with E-state index in [1.807, 2.05) is 30.0 Å². The smallest absolute Gasteiger partial charge is 0.255 e. The van der Waals surface area contributed by atoms with Gasteiger partial charge in [-0.25, -0.2) is 0 Å². The van der Waals surface area contributed by atoms with Gasteiger partial charge in [0, 0.05) is 30.7 Å². The number of rotatable bonds is 1. The van der Waals surface area contributed by atoms with E-state index in [-0.39, 0.29) is 18.3 Å². The fourth-order valence-electron chi connectivity index (χ4n) is 1.84. The van der Waals surface area contributed by atoms with E-state index in [9.17, 15) is 4.79 Å². The SMILES string of the molecule is Cc1ccc(Br)c(C(=O)N2CCNCC2)c1.Cl. The minimum absolute atomic E-state index is 0. The van der Waals surface area contributed by atoms with Crippen LogP contribution in [0.3, 0.4) is 0 Å². The number of amides is 1. The number of aryl methyl sites for hydroxylation is 1. The van der Waals surface area contributed by atoms with Gasteiger partial charge >= 0.3 is 0 Å². The van der Waals surface area contributed by atoms with Gasteiger partial charge in [-0.3, -0.25) is 4.79 Å². The molecular formula is C12H16BrClN2O. The van der Waals surface area contributed by atoms with Crippen LogP contribution in [0, 0.1) is 6.92 Å². The highest BCUT2D eigenvalue weighted by Crippen LogP contribution is 2.20. The Hall–Kier alpha value is -0.580. The number of carbonyl (C=O) groups excluding carboxylic acids is 1. The molecule has 1 aliphatic heterocycles. The molecule has 0 atom stereocenters. The molecule has 3 nitrogen and oxygen atoms in total. The van der Waals surface area contributed by atoms with Crippen molar-refractivity contribution in [3.05, 3.63) is 33.8 Å². The zero-order valence-electron chi connectivity index (χ0n) is 9.70. The normalized spacial score (nSPS) is 15.3. The monoisotopic (exact) mass is 318 g/mol. The van der Waals surface area contributed by atoms with Gasteiger partial charge in [-0.1, -0.05) is 11.6 Å². The molecule has 1 heterocycles. The minimum atomic E-state index is 0. The molecule has 1 aliphatic rings. The van der Waals surface area contributed by atoms with Gasteiger partial charge in [-0.05, 0) is 35.0 Å². The van der Waals surface area contributed by atoms with E-state index in [4.69, 9.17) is 0 Å². The summed E-state index contributed by atoms with van der Waals surface area (Å²) in [6, 6.07) is 5.87. The third kappa shape index (κ3) is 3.44. The second-order valence-electron chi connectivity index (χ2n) is 4.03. The molecule has 0 aliphatic carbocycles. The Kier molecular flexibility index (Phi) is 5.43. The van der Waals surface area contributed by atoms with Gasteiger partial charge in [0.2, 0.25) is 0 Å². The molecule has 0 aromatic heterocycles. The lowest BCUT2D eigenvalue weighted by atomic mass is 10.1. The first-order valence-corrected chi connectivity index (χ1v) is 6.24. The zero-order chi connectivity index (χ0) is 11.5. The lowest BCUT2D eigenvalue weighted by molar-refractivity contribution is 0.0735. The van der Waals surface area contributed by atoms with E-state index < -0.39 is 0 Å². The highest BCUT2D eigenvalue weighted by atomic mass is 79.9. The maximum absolute atomic E-state index is 12.2. The van der Waals surface area contributed by atoms with Crippen molar-refractivity contribution in [2.75, 3.05) is 26.2 Å². The summed E-state index contributed by atoms with van der Waals surface area (Å²) in [4.78, 5) is 14.1. The van der Waals surface area contributed by atoms with Gasteiger partial charge in [0.25, 0.3) is 5.91 Å². The molecular weight excluding hydrogens is 304 g/mol. The molecule has 1 fully saturated rings. The Morgan fingerprint density at radius 3 is 2.65 bits per heavy atom. The predicted octanol–water partition coefficient (Wildman–Crippen LogP) is 2.22. The standard InChI is InChI=1S/C12H15BrN2O.ClH/c1-9-2-3-11(13)10(8-9)12(16)15-6-4-14-5-7-15;/h2-3,8,14H,4-7H2,1H3;1H. The van der Waals surface area contributed by atoms with Crippen LogP contribution in [0.25, 0.3) is 0 Å². The van der Waals surface area contributed by atoms with Crippen LogP contribution in [0.5, 0.6) is 0 Å². The van der Waals surface area contributed by atoms with E-state index in [2.05, 4.69) is 21.2 Å². The molecule has 1 saturated heterocycles. The van der Waals surface area contributed by atoms with Crippen LogP contribution in [0.1, 0.15) is 15.9 Å². The fraction of sp³-hybridized carbons (Fsp3) is 0.417. The van der Waals surface area contributed by atoms with Crippen molar-refractivity contribution in [2.45, 2.75) is 6.92 Å². The number of nitrogens with one attached hydrogen (secondary N) is 1. The Morgan fingerprint density at radius 2 is 2.00 bits per heavy atom. The van der Waals surface area contributed by atoms with Gasteiger partial charge in [-0.15, -0.1) is 12.4 Å². The second-order valence-corrected chi connectivity index (χ2v) is 4.88. The topological polar surface area (TPSA) is 32.3 Å². The molecule has 5 heteroatoms. The first-order valence-electron chi connectivity index (χ1n) is 5.44. The van der Waals surface area contributed by atoms with E-state index in [1.165, 1.54) is 0 Å². The quantitative estimate of drug-likeness (QED) is 0.861. The minimum Gasteiger partial charge on any atom is -0.336 e. The van der Waals surface area contributed by atoms with Crippen molar-refractivity contribution in [3.8, 4) is 0 Å². The molecule has 0 saturated carbocycles. The van der Waals surface area contributed by atoms with Crippen LogP contribution < -0.4 is 5.32 Å². The van der Waals surface area contributed by atoms with Gasteiger partial charge in [-0.2, -0.15) is 0 Å². The van der Waals surface area contributed by atoms with Crippen molar-refractivity contribution in [3.63, 3.8) is 0 Å². The summed E-state index contributed by atoms with van der Waals surface area (Å²) < 4.78 is 0.877. The fourth-order valence-corrected chi connectivity index (χ4v) is 2.26. The average molecular weight is 320 g/mol. The number of piperazine rings is 1. The Labute approximate surface area is 116 Å². The molecule has 1 aromatic carbocycles. The van der Waals surface area contributed by atoms with Crippen molar-refractivity contribution in [1.29, 1.82) is 0 Å². The molecule has 1 N–H and O–H groups in total. The Balaban J connectivity index is 0.00000144. The van der Waals surface area contributed by atoms with E-state index in [0.717, 1.165) is 41.8 Å². The number of benzene rings is 1. The summed E-state index contributed by atoms with van der Waals surface area (Å²) in [5.41, 5.74) is 1.88. The van der Waals surface area contributed by atoms with Crippen molar-refractivity contribution in [1.82, 2.24) is 10.2 Å². The molecule has 0 unspecified atom stereocenters. The van der Waals surface area contributed by atoms with E-state index in [1.54, 1.807) is 0 Å². The molecule has 0 bridgehead atoms. The molecule has 0 spiro atoms. The van der Waals surface area contributed by atoms with Crippen molar-refractivity contribution < 1.29 is 4.79 Å². The number of hydrogen-bond donors (Lipinski definition) is 1. The third-order valence-electron chi connectivity index (χ3n) is 2.76. The molecule has 94 valence electrons. The summed E-state index contributed by atoms with van der Waals surface area (Å²) >= 11 is 3.43. The van der Waals surface area contributed by atoms with Crippen LogP contribution in [0.15, 0.2) is 22.7 Å². The van der Waals surface area contributed by atoms with Crippen LogP contribution in [-0.4, -0.2) is 37.0 Å². The van der Waals surface area contributed by atoms with E-state index >= 15 is 0 Å². The largest absolute Gasteiger partial charge is 0.336 e. The van der Waals surface area contributed by atoms with Crippen LogP contribution in [0.2, 0.25) is 0 Å². The molecule has 0 radical (unpaired) electrons. The van der Waals surface area contributed by atoms with Gasteiger partial charge < -0.3 is 10.2 Å². The number of nitrogens with zero attached hydrogens (tertiary/aromatic N) is 1. The predicted molar refractivity (Wildman–Crippen MR) is 74.9 cm³/mol. The Morgan fingerprint density at radius 1 is 1.35 bits per heavy atom. The van der Waals surface area contributed by atoms with Crippen molar-refractivity contribution in [2.24, 2.45) is 0 Å². The summed E-state index contributed by atoms with van der Waals surface area (Å²) in [7, 11) is 0. The first kappa shape index (κ1) is 14.5. The summed E-state index contributed by atoms with van der Waals surface area (Å²) in [5, 5.41) is 3.24.